The molecule has 3 rings (SSSR count). The number of nitrogens with one attached hydrogen (secondary N) is 2. The van der Waals surface area contributed by atoms with Gasteiger partial charge in [-0.15, -0.1) is 0 Å². The number of carbonyl (C=O) groups is 1. The van der Waals surface area contributed by atoms with Crippen molar-refractivity contribution in [3.05, 3.63) is 68.8 Å². The first-order valence-corrected chi connectivity index (χ1v) is 9.77. The molecule has 5 heteroatoms. The number of aromatic nitrogens is 1. The van der Waals surface area contributed by atoms with E-state index in [2.05, 4.69) is 35.5 Å². The van der Waals surface area contributed by atoms with Crippen LogP contribution in [-0.4, -0.2) is 10.9 Å². The van der Waals surface area contributed by atoms with Gasteiger partial charge in [0.15, 0.2) is 0 Å². The number of anilines is 1. The summed E-state index contributed by atoms with van der Waals surface area (Å²) in [5, 5.41) is 6.05. The van der Waals surface area contributed by atoms with Crippen molar-refractivity contribution < 1.29 is 4.79 Å². The molecule has 1 amide bonds. The van der Waals surface area contributed by atoms with E-state index in [1.165, 1.54) is 6.08 Å². The molecule has 1 aliphatic carbocycles. The van der Waals surface area contributed by atoms with Crippen molar-refractivity contribution in [3.8, 4) is 0 Å². The van der Waals surface area contributed by atoms with Gasteiger partial charge in [-0.1, -0.05) is 61.3 Å². The molecule has 1 aromatic heterocycles. The second-order valence-corrected chi connectivity index (χ2v) is 7.46. The van der Waals surface area contributed by atoms with Crippen molar-refractivity contribution >= 4 is 52.5 Å². The molecule has 0 fully saturated rings. The molecule has 0 saturated heterocycles. The number of rotatable bonds is 4. The van der Waals surface area contributed by atoms with Crippen LogP contribution in [0.5, 0.6) is 0 Å². The summed E-state index contributed by atoms with van der Waals surface area (Å²) in [4.78, 5) is 15.3. The molecule has 0 aliphatic heterocycles. The van der Waals surface area contributed by atoms with Crippen LogP contribution >= 0.6 is 23.2 Å². The van der Waals surface area contributed by atoms with Gasteiger partial charge in [0.1, 0.15) is 0 Å². The number of hydrogen-bond donors (Lipinski definition) is 2. The maximum atomic E-state index is 12.0. The van der Waals surface area contributed by atoms with Crippen LogP contribution in [0, 0.1) is 5.92 Å². The molecule has 27 heavy (non-hydrogen) atoms. The third-order valence-corrected chi connectivity index (χ3v) is 5.06. The van der Waals surface area contributed by atoms with Crippen molar-refractivity contribution in [3.63, 3.8) is 0 Å². The molecule has 2 N–H and O–H groups in total. The number of amides is 1. The zero-order chi connectivity index (χ0) is 19.4. The molecular formula is C22H22Cl2N2O. The van der Waals surface area contributed by atoms with Crippen molar-refractivity contribution in [1.82, 2.24) is 4.98 Å². The van der Waals surface area contributed by atoms with Crippen LogP contribution < -0.4 is 15.9 Å². The molecule has 1 aromatic carbocycles. The van der Waals surface area contributed by atoms with Gasteiger partial charge in [-0.25, -0.2) is 0 Å². The van der Waals surface area contributed by atoms with Crippen molar-refractivity contribution in [2.24, 2.45) is 5.92 Å². The Kier molecular flexibility index (Phi) is 6.25. The van der Waals surface area contributed by atoms with Crippen LogP contribution in [0.3, 0.4) is 0 Å². The zero-order valence-corrected chi connectivity index (χ0v) is 16.9. The third-order valence-electron chi connectivity index (χ3n) is 4.42. The summed E-state index contributed by atoms with van der Waals surface area (Å²) in [6.07, 6.45) is 13.3. The number of H-pyrrole nitrogens is 1. The summed E-state index contributed by atoms with van der Waals surface area (Å²) in [6, 6.07) is 5.67. The lowest BCUT2D eigenvalue weighted by atomic mass is 9.96. The van der Waals surface area contributed by atoms with E-state index in [-0.39, 0.29) is 5.91 Å². The number of carbonyl (C=O) groups excluding carboxylic acids is 1. The van der Waals surface area contributed by atoms with Crippen molar-refractivity contribution in [2.75, 3.05) is 5.32 Å². The topological polar surface area (TPSA) is 44.9 Å². The minimum atomic E-state index is -0.189. The minimum Gasteiger partial charge on any atom is -0.360 e. The SMILES string of the molecule is CCC=CC(=O)Nc1cc(C2=CC(C)CC=c3[nH]cc(Cl)c3=C2)ccc1Cl. The van der Waals surface area contributed by atoms with Gasteiger partial charge in [0, 0.05) is 16.8 Å². The maximum Gasteiger partial charge on any atom is 0.248 e. The van der Waals surface area contributed by atoms with Crippen LogP contribution in [0.25, 0.3) is 17.7 Å². The molecule has 0 saturated carbocycles. The second-order valence-electron chi connectivity index (χ2n) is 6.64. The summed E-state index contributed by atoms with van der Waals surface area (Å²) >= 11 is 12.6. The molecule has 1 aliphatic rings. The van der Waals surface area contributed by atoms with Crippen LogP contribution in [0.1, 0.15) is 32.3 Å². The molecule has 1 atom stereocenters. The highest BCUT2D eigenvalue weighted by Crippen LogP contribution is 2.29. The predicted octanol–water partition coefficient (Wildman–Crippen LogP) is 4.91. The van der Waals surface area contributed by atoms with Gasteiger partial charge < -0.3 is 10.3 Å². The number of aromatic amines is 1. The van der Waals surface area contributed by atoms with E-state index in [1.807, 2.05) is 25.1 Å². The number of fused-ring (bicyclic) bond motifs is 1. The molecule has 3 nitrogen and oxygen atoms in total. The van der Waals surface area contributed by atoms with E-state index >= 15 is 0 Å². The smallest absolute Gasteiger partial charge is 0.248 e. The maximum absolute atomic E-state index is 12.0. The lowest BCUT2D eigenvalue weighted by Gasteiger charge is -2.12. The standard InChI is InChI=1S/C22H22Cl2N2O/c1-3-4-5-22(27)26-21-12-15(7-8-18(21)23)16-10-14(2)6-9-20-17(11-16)19(24)13-25-20/h4-5,7-14,25H,3,6H2,1-2H3,(H,26,27). The minimum absolute atomic E-state index is 0.189. The quantitative estimate of drug-likeness (QED) is 0.703. The van der Waals surface area contributed by atoms with Crippen LogP contribution in [0.15, 0.2) is 42.6 Å². The summed E-state index contributed by atoms with van der Waals surface area (Å²) < 4.78 is 0. The highest BCUT2D eigenvalue weighted by molar-refractivity contribution is 6.34. The lowest BCUT2D eigenvalue weighted by Crippen LogP contribution is -2.24. The number of benzene rings is 1. The fraction of sp³-hybridized carbons (Fsp3) is 0.227. The molecule has 1 unspecified atom stereocenters. The molecule has 140 valence electrons. The van der Waals surface area contributed by atoms with E-state index in [0.717, 1.165) is 34.5 Å². The zero-order valence-electron chi connectivity index (χ0n) is 15.4. The molecule has 0 bridgehead atoms. The normalized spacial score (nSPS) is 16.6. The Morgan fingerprint density at radius 3 is 2.93 bits per heavy atom. The van der Waals surface area contributed by atoms with E-state index in [1.54, 1.807) is 12.3 Å². The average molecular weight is 401 g/mol. The summed E-state index contributed by atoms with van der Waals surface area (Å²) in [6.45, 7) is 4.15. The molecular weight excluding hydrogens is 379 g/mol. The van der Waals surface area contributed by atoms with Crippen molar-refractivity contribution in [2.45, 2.75) is 26.7 Å². The number of allylic oxidation sites excluding steroid dienone is 3. The van der Waals surface area contributed by atoms with Gasteiger partial charge in [-0.3, -0.25) is 4.79 Å². The Labute approximate surface area is 169 Å². The van der Waals surface area contributed by atoms with Gasteiger partial charge >= 0.3 is 0 Å². The first-order valence-electron chi connectivity index (χ1n) is 9.02. The van der Waals surface area contributed by atoms with Crippen molar-refractivity contribution in [1.29, 1.82) is 0 Å². The molecule has 1 heterocycles. The van der Waals surface area contributed by atoms with E-state index < -0.39 is 0 Å². The first kappa shape index (κ1) is 19.5. The van der Waals surface area contributed by atoms with Crippen LogP contribution in [0.2, 0.25) is 10.0 Å². The summed E-state index contributed by atoms with van der Waals surface area (Å²) in [7, 11) is 0. The number of halogens is 2. The van der Waals surface area contributed by atoms with E-state index in [0.29, 0.717) is 21.7 Å². The third kappa shape index (κ3) is 4.74. The van der Waals surface area contributed by atoms with Gasteiger partial charge in [-0.05, 0) is 54.2 Å². The largest absolute Gasteiger partial charge is 0.360 e. The Hall–Kier alpha value is -2.23. The van der Waals surface area contributed by atoms with Crippen LogP contribution in [-0.2, 0) is 4.79 Å². The highest BCUT2D eigenvalue weighted by Gasteiger charge is 2.10. The van der Waals surface area contributed by atoms with Gasteiger partial charge in [0.05, 0.1) is 15.7 Å². The fourth-order valence-electron chi connectivity index (χ4n) is 3.00. The molecule has 2 aromatic rings. The van der Waals surface area contributed by atoms with Crippen LogP contribution in [0.4, 0.5) is 5.69 Å². The van der Waals surface area contributed by atoms with E-state index in [4.69, 9.17) is 23.2 Å². The monoisotopic (exact) mass is 400 g/mol. The first-order chi connectivity index (χ1) is 13.0. The average Bonchev–Trinajstić information content (AvgIpc) is 2.97. The van der Waals surface area contributed by atoms with Gasteiger partial charge in [0.2, 0.25) is 5.91 Å². The summed E-state index contributed by atoms with van der Waals surface area (Å²) in [5.41, 5.74) is 2.62. The summed E-state index contributed by atoms with van der Waals surface area (Å²) in [5.74, 6) is 0.179. The second kappa shape index (κ2) is 8.64. The molecule has 0 radical (unpaired) electrons. The molecule has 0 spiro atoms. The highest BCUT2D eigenvalue weighted by atomic mass is 35.5. The Balaban J connectivity index is 2.04. The van der Waals surface area contributed by atoms with Gasteiger partial charge in [0.25, 0.3) is 0 Å². The van der Waals surface area contributed by atoms with E-state index in [9.17, 15) is 4.79 Å². The Morgan fingerprint density at radius 1 is 1.33 bits per heavy atom. The fourth-order valence-corrected chi connectivity index (χ4v) is 3.38. The Morgan fingerprint density at radius 2 is 2.15 bits per heavy atom. The Bertz CT molecular complexity index is 1030. The number of hydrogen-bond acceptors (Lipinski definition) is 1. The predicted molar refractivity (Wildman–Crippen MR) is 115 cm³/mol. The van der Waals surface area contributed by atoms with Gasteiger partial charge in [-0.2, -0.15) is 0 Å². The lowest BCUT2D eigenvalue weighted by molar-refractivity contribution is -0.111.